The van der Waals surface area contributed by atoms with Crippen molar-refractivity contribution in [2.24, 2.45) is 0 Å². The number of methoxy groups -OCH3 is 3. The van der Waals surface area contributed by atoms with Crippen molar-refractivity contribution in [2.75, 3.05) is 27.9 Å². The fraction of sp³-hybridized carbons (Fsp3) is 0.250. The molecule has 0 fully saturated rings. The van der Waals surface area contributed by atoms with E-state index in [9.17, 15) is 4.79 Å². The maximum absolute atomic E-state index is 12.6. The lowest BCUT2D eigenvalue weighted by Crippen LogP contribution is -1.99. The summed E-state index contributed by atoms with van der Waals surface area (Å²) in [4.78, 5) is 12.6. The molecule has 1 heterocycles. The van der Waals surface area contributed by atoms with E-state index in [1.165, 1.54) is 21.3 Å². The minimum atomic E-state index is -0.184. The van der Waals surface area contributed by atoms with Crippen LogP contribution in [0.3, 0.4) is 0 Å². The van der Waals surface area contributed by atoms with Crippen molar-refractivity contribution in [1.82, 2.24) is 0 Å². The number of fused-ring (bicyclic) bond motifs is 1. The smallest absolute Gasteiger partial charge is 0.231 e. The number of hydrogen-bond acceptors (Lipinski definition) is 6. The van der Waals surface area contributed by atoms with Crippen molar-refractivity contribution in [3.63, 3.8) is 0 Å². The first-order valence-corrected chi connectivity index (χ1v) is 8.12. The van der Waals surface area contributed by atoms with E-state index in [-0.39, 0.29) is 11.5 Å². The molecule has 2 aromatic carbocycles. The summed E-state index contributed by atoms with van der Waals surface area (Å²) in [6, 6.07) is 8.68. The Morgan fingerprint density at radius 1 is 1.00 bits per heavy atom. The molecule has 2 aromatic rings. The van der Waals surface area contributed by atoms with Crippen molar-refractivity contribution >= 4 is 11.9 Å². The number of rotatable bonds is 6. The molecule has 1 aliphatic rings. The second kappa shape index (κ2) is 7.39. The number of hydrogen-bond donors (Lipinski definition) is 0. The second-order valence-corrected chi connectivity index (χ2v) is 5.49. The van der Waals surface area contributed by atoms with Gasteiger partial charge in [0, 0.05) is 6.07 Å². The molecule has 0 amide bonds. The monoisotopic (exact) mass is 356 g/mol. The highest BCUT2D eigenvalue weighted by Crippen LogP contribution is 2.40. The van der Waals surface area contributed by atoms with Gasteiger partial charge < -0.3 is 23.7 Å². The SMILES string of the molecule is CCOc1ccc2c(c1)O/C(=C\c1cc(OC)c(OC)c(OC)c1)C2=O. The highest BCUT2D eigenvalue weighted by molar-refractivity contribution is 6.14. The highest BCUT2D eigenvalue weighted by Gasteiger charge is 2.28. The number of carbonyl (C=O) groups is 1. The van der Waals surface area contributed by atoms with Crippen LogP contribution in [0.5, 0.6) is 28.7 Å². The molecule has 0 unspecified atom stereocenters. The van der Waals surface area contributed by atoms with Crippen LogP contribution in [-0.2, 0) is 0 Å². The van der Waals surface area contributed by atoms with Crippen LogP contribution in [0.4, 0.5) is 0 Å². The zero-order chi connectivity index (χ0) is 18.7. The summed E-state index contributed by atoms with van der Waals surface area (Å²) in [5.74, 6) is 2.67. The lowest BCUT2D eigenvalue weighted by Gasteiger charge is -2.13. The first-order chi connectivity index (χ1) is 12.6. The number of benzene rings is 2. The van der Waals surface area contributed by atoms with Crippen LogP contribution in [0.2, 0.25) is 0 Å². The number of Topliss-reactive ketones (excluding diaryl/α,β-unsaturated/α-hetero) is 1. The Labute approximate surface area is 151 Å². The van der Waals surface area contributed by atoms with Crippen molar-refractivity contribution in [1.29, 1.82) is 0 Å². The van der Waals surface area contributed by atoms with Crippen molar-refractivity contribution in [3.8, 4) is 28.7 Å². The van der Waals surface area contributed by atoms with E-state index in [0.717, 1.165) is 0 Å². The topological polar surface area (TPSA) is 63.2 Å². The Bertz CT molecular complexity index is 844. The van der Waals surface area contributed by atoms with Crippen molar-refractivity contribution < 1.29 is 28.5 Å². The van der Waals surface area contributed by atoms with Gasteiger partial charge in [-0.05, 0) is 42.8 Å². The maximum Gasteiger partial charge on any atom is 0.231 e. The molecule has 0 radical (unpaired) electrons. The summed E-state index contributed by atoms with van der Waals surface area (Å²) in [7, 11) is 4.61. The van der Waals surface area contributed by atoms with E-state index < -0.39 is 0 Å². The van der Waals surface area contributed by atoms with E-state index >= 15 is 0 Å². The van der Waals surface area contributed by atoms with Crippen LogP contribution < -0.4 is 23.7 Å². The fourth-order valence-electron chi connectivity index (χ4n) is 2.76. The third-order valence-corrected chi connectivity index (χ3v) is 3.94. The molecule has 1 aliphatic heterocycles. The van der Waals surface area contributed by atoms with E-state index in [0.29, 0.717) is 46.5 Å². The maximum atomic E-state index is 12.6. The fourth-order valence-corrected chi connectivity index (χ4v) is 2.76. The first kappa shape index (κ1) is 17.7. The summed E-state index contributed by atoms with van der Waals surface area (Å²) in [6.07, 6.45) is 1.65. The van der Waals surface area contributed by atoms with Crippen LogP contribution in [0, 0.1) is 0 Å². The normalized spacial score (nSPS) is 14.0. The Morgan fingerprint density at radius 2 is 1.69 bits per heavy atom. The van der Waals surface area contributed by atoms with Gasteiger partial charge in [-0.1, -0.05) is 0 Å². The molecule has 0 aromatic heterocycles. The molecule has 6 nitrogen and oxygen atoms in total. The lowest BCUT2D eigenvalue weighted by molar-refractivity contribution is 0.101. The minimum Gasteiger partial charge on any atom is -0.494 e. The molecule has 0 aliphatic carbocycles. The van der Waals surface area contributed by atoms with Gasteiger partial charge in [-0.3, -0.25) is 4.79 Å². The number of ether oxygens (including phenoxy) is 5. The first-order valence-electron chi connectivity index (χ1n) is 8.12. The quantitative estimate of drug-likeness (QED) is 0.735. The van der Waals surface area contributed by atoms with Crippen LogP contribution in [0.1, 0.15) is 22.8 Å². The van der Waals surface area contributed by atoms with E-state index in [2.05, 4.69) is 0 Å². The van der Waals surface area contributed by atoms with Gasteiger partial charge >= 0.3 is 0 Å². The predicted octanol–water partition coefficient (Wildman–Crippen LogP) is 3.73. The summed E-state index contributed by atoms with van der Waals surface area (Å²) in [5.41, 5.74) is 1.20. The Kier molecular flexibility index (Phi) is 5.02. The van der Waals surface area contributed by atoms with Gasteiger partial charge in [-0.2, -0.15) is 0 Å². The molecular formula is C20H20O6. The van der Waals surface area contributed by atoms with E-state index in [4.69, 9.17) is 23.7 Å². The Morgan fingerprint density at radius 3 is 2.27 bits per heavy atom. The summed E-state index contributed by atoms with van der Waals surface area (Å²) >= 11 is 0. The third-order valence-electron chi connectivity index (χ3n) is 3.94. The van der Waals surface area contributed by atoms with Gasteiger partial charge in [0.25, 0.3) is 0 Å². The summed E-state index contributed by atoms with van der Waals surface area (Å²) < 4.78 is 27.2. The standard InChI is InChI=1S/C20H20O6/c1-5-25-13-6-7-14-15(11-13)26-16(19(14)21)8-12-9-17(22-2)20(24-4)18(10-12)23-3/h6-11H,5H2,1-4H3/b16-8-. The molecule has 0 spiro atoms. The van der Waals surface area contributed by atoms with E-state index in [1.807, 2.05) is 6.92 Å². The molecular weight excluding hydrogens is 336 g/mol. The zero-order valence-corrected chi connectivity index (χ0v) is 15.1. The summed E-state index contributed by atoms with van der Waals surface area (Å²) in [5, 5.41) is 0. The third kappa shape index (κ3) is 3.18. The van der Waals surface area contributed by atoms with Gasteiger partial charge in [0.1, 0.15) is 11.5 Å². The van der Waals surface area contributed by atoms with Gasteiger partial charge in [0.05, 0.1) is 33.5 Å². The van der Waals surface area contributed by atoms with Crippen molar-refractivity contribution in [2.45, 2.75) is 6.92 Å². The van der Waals surface area contributed by atoms with Crippen LogP contribution in [0.15, 0.2) is 36.1 Å². The Hall–Kier alpha value is -3.15. The zero-order valence-electron chi connectivity index (χ0n) is 15.1. The number of carbonyl (C=O) groups excluding carboxylic acids is 1. The van der Waals surface area contributed by atoms with Crippen LogP contribution in [-0.4, -0.2) is 33.7 Å². The number of allylic oxidation sites excluding steroid dienone is 1. The second-order valence-electron chi connectivity index (χ2n) is 5.49. The molecule has 0 saturated carbocycles. The summed E-state index contributed by atoms with van der Waals surface area (Å²) in [6.45, 7) is 2.44. The minimum absolute atomic E-state index is 0.184. The van der Waals surface area contributed by atoms with Crippen molar-refractivity contribution in [3.05, 3.63) is 47.2 Å². The van der Waals surface area contributed by atoms with Gasteiger partial charge in [0.2, 0.25) is 11.5 Å². The number of ketones is 1. The van der Waals surface area contributed by atoms with Crippen LogP contribution in [0.25, 0.3) is 6.08 Å². The highest BCUT2D eigenvalue weighted by atomic mass is 16.5. The molecule has 26 heavy (non-hydrogen) atoms. The average Bonchev–Trinajstić information content (AvgIpc) is 2.96. The average molecular weight is 356 g/mol. The molecule has 6 heteroatoms. The predicted molar refractivity (Wildman–Crippen MR) is 96.6 cm³/mol. The van der Waals surface area contributed by atoms with Gasteiger partial charge in [-0.15, -0.1) is 0 Å². The molecule has 0 saturated heterocycles. The van der Waals surface area contributed by atoms with Gasteiger partial charge in [-0.25, -0.2) is 0 Å². The molecule has 0 N–H and O–H groups in total. The van der Waals surface area contributed by atoms with Crippen LogP contribution >= 0.6 is 0 Å². The van der Waals surface area contributed by atoms with Gasteiger partial charge in [0.15, 0.2) is 17.3 Å². The molecule has 3 rings (SSSR count). The Balaban J connectivity index is 1.97. The molecule has 136 valence electrons. The van der Waals surface area contributed by atoms with E-state index in [1.54, 1.807) is 36.4 Å². The largest absolute Gasteiger partial charge is 0.494 e. The molecule has 0 atom stereocenters. The molecule has 0 bridgehead atoms. The lowest BCUT2D eigenvalue weighted by atomic mass is 10.1.